The molecule has 0 spiro atoms. The SMILES string of the molecule is Brc1ccccc1-c1nc2ccccn2c1NC1CCCCC1.CCCCCNc1c(-c2ccccc2Cl)nc2ccccn12.CCCCCc1nc2ccccn2c1NC1CCCCC1.CCCCNc1c(-c2ccc(OC)cc2)nc2ccccn12.Clc1ccccc1-c1nc2cccc(Br)n2c1NC1CCCCC1. The van der Waals surface area contributed by atoms with Crippen LogP contribution in [0.25, 0.3) is 73.3 Å². The maximum absolute atomic E-state index is 6.45. The number of unbranched alkanes of at least 4 members (excludes halogenated alkanes) is 5. The van der Waals surface area contributed by atoms with E-state index in [1.807, 2.05) is 152 Å². The van der Waals surface area contributed by atoms with Crippen LogP contribution in [0.15, 0.2) is 222 Å². The zero-order chi connectivity index (χ0) is 77.4. The molecule has 20 heteroatoms. The van der Waals surface area contributed by atoms with Gasteiger partial charge in [0.15, 0.2) is 0 Å². The molecule has 3 aliphatic rings. The average Bonchev–Trinajstić information content (AvgIpc) is 1.63. The number of benzene rings is 4. The Morgan fingerprint density at radius 1 is 0.375 bits per heavy atom. The second-order valence-corrected chi connectivity index (χ2v) is 31.9. The Hall–Kier alpha value is -9.33. The Balaban J connectivity index is 0.000000123. The third kappa shape index (κ3) is 20.4. The summed E-state index contributed by atoms with van der Waals surface area (Å²) >= 11 is 20.2. The molecule has 0 radical (unpaired) electrons. The van der Waals surface area contributed by atoms with Crippen LogP contribution in [0.1, 0.15) is 174 Å². The molecular weight excluding hydrogens is 1560 g/mol. The van der Waals surface area contributed by atoms with Gasteiger partial charge in [-0.15, -0.1) is 0 Å². The number of imidazole rings is 5. The highest BCUT2D eigenvalue weighted by atomic mass is 79.9. The molecule has 3 aliphatic carbocycles. The van der Waals surface area contributed by atoms with Crippen LogP contribution in [0.4, 0.5) is 29.1 Å². The lowest BCUT2D eigenvalue weighted by atomic mass is 9.95. The third-order valence-electron chi connectivity index (χ3n) is 21.3. The number of aromatic nitrogens is 10. The number of halogens is 4. The molecule has 0 aliphatic heterocycles. The lowest BCUT2D eigenvalue weighted by Gasteiger charge is -2.24. The monoisotopic (exact) mass is 1670 g/mol. The van der Waals surface area contributed by atoms with Gasteiger partial charge in [0.2, 0.25) is 0 Å². The molecular formula is C92H107Br2Cl2N15O. The molecule has 16 nitrogen and oxygen atoms in total. The number of nitrogens with one attached hydrogen (secondary N) is 5. The quantitative estimate of drug-likeness (QED) is 0.0290. The molecule has 3 fully saturated rings. The summed E-state index contributed by atoms with van der Waals surface area (Å²) in [5, 5.41) is 19.9. The van der Waals surface area contributed by atoms with E-state index >= 15 is 0 Å². The van der Waals surface area contributed by atoms with E-state index in [9.17, 15) is 0 Å². The Morgan fingerprint density at radius 2 is 0.777 bits per heavy atom. The van der Waals surface area contributed by atoms with E-state index in [1.165, 1.54) is 146 Å². The van der Waals surface area contributed by atoms with Crippen LogP contribution >= 0.6 is 55.1 Å². The van der Waals surface area contributed by atoms with Crippen LogP contribution in [-0.2, 0) is 6.42 Å². The lowest BCUT2D eigenvalue weighted by molar-refractivity contribution is 0.415. The van der Waals surface area contributed by atoms with E-state index in [0.717, 1.165) is 154 Å². The third-order valence-corrected chi connectivity index (χ3v) is 23.3. The van der Waals surface area contributed by atoms with Crippen LogP contribution in [0, 0.1) is 0 Å². The Labute approximate surface area is 687 Å². The molecule has 5 N–H and O–H groups in total. The fourth-order valence-electron chi connectivity index (χ4n) is 15.3. The molecule has 0 unspecified atom stereocenters. The number of ether oxygens (including phenoxy) is 1. The number of pyridine rings is 5. The number of aryl methyl sites for hydroxylation is 1. The standard InChI is InChI=1S/C19H19BrClN3.C19H20BrN3.C18H20ClN3.C18H21N3O.C18H27N3/c20-16-11-6-12-17-23-18(14-9-4-5-10-15(14)21)19(24(16)17)22-13-7-2-1-3-8-13;20-16-11-5-4-10-15(16)18-19(21-14-8-2-1-3-9-14)23-13-7-6-12-17(23)22-18;1-2-3-7-12-20-18-17(14-9-4-5-10-15(14)19)21-16-11-6-8-13-22(16)18;1-3-4-12-19-18-17(14-8-10-15(22-2)11-9-14)20-16-7-5-6-13-21(16)18;1-2-3-5-12-16-18(19-15-10-6-4-7-11-15)21-14-9-8-13-17(21)20-16/h4-6,9-13,22H,1-3,7-8H2;4-7,10-14,21H,1-3,8-9H2;4-6,8-11,13,20H,2-3,7,12H2,1H3;5-11,13,19H,3-4,12H2,1-2H3;8-9,13-15,19H,2-7,10-12H2,1H3. The van der Waals surface area contributed by atoms with Crippen molar-refractivity contribution in [1.29, 1.82) is 0 Å². The van der Waals surface area contributed by atoms with Gasteiger partial charge in [0, 0.05) is 82.7 Å². The smallest absolute Gasteiger partial charge is 0.140 e. The number of methoxy groups -OCH3 is 1. The summed E-state index contributed by atoms with van der Waals surface area (Å²) in [5.74, 6) is 6.30. The second kappa shape index (κ2) is 40.9. The van der Waals surface area contributed by atoms with Crippen LogP contribution < -0.4 is 31.3 Å². The highest BCUT2D eigenvalue weighted by Crippen LogP contribution is 2.40. The van der Waals surface area contributed by atoms with E-state index in [2.05, 4.69) is 162 Å². The first-order valence-electron chi connectivity index (χ1n) is 40.8. The van der Waals surface area contributed by atoms with Gasteiger partial charge in [0.25, 0.3) is 0 Å². The van der Waals surface area contributed by atoms with Gasteiger partial charge >= 0.3 is 0 Å². The van der Waals surface area contributed by atoms with Crippen molar-refractivity contribution in [1.82, 2.24) is 46.9 Å². The van der Waals surface area contributed by atoms with E-state index in [1.54, 1.807) is 7.11 Å². The minimum Gasteiger partial charge on any atom is -0.497 e. The number of hydrogen-bond acceptors (Lipinski definition) is 11. The van der Waals surface area contributed by atoms with Crippen molar-refractivity contribution in [3.05, 3.63) is 238 Å². The minimum absolute atomic E-state index is 0.493. The number of nitrogens with zero attached hydrogens (tertiary/aromatic N) is 10. The Bertz CT molecular complexity index is 5280. The van der Waals surface area contributed by atoms with Crippen molar-refractivity contribution in [2.45, 2.75) is 193 Å². The van der Waals surface area contributed by atoms with Gasteiger partial charge in [0.1, 0.15) is 85.9 Å². The topological polar surface area (TPSA) is 156 Å². The summed E-state index contributed by atoms with van der Waals surface area (Å²) in [6.45, 7) is 8.55. The number of fused-ring (bicyclic) bond motifs is 5. The molecule has 112 heavy (non-hydrogen) atoms. The average molecular weight is 1670 g/mol. The number of anilines is 5. The van der Waals surface area contributed by atoms with Crippen molar-refractivity contribution in [3.63, 3.8) is 0 Å². The highest BCUT2D eigenvalue weighted by molar-refractivity contribution is 9.10. The first-order valence-corrected chi connectivity index (χ1v) is 43.1. The van der Waals surface area contributed by atoms with Crippen molar-refractivity contribution in [2.24, 2.45) is 0 Å². The van der Waals surface area contributed by atoms with Crippen molar-refractivity contribution in [3.8, 4) is 50.8 Å². The van der Waals surface area contributed by atoms with E-state index in [4.69, 9.17) is 52.9 Å². The molecule has 10 heterocycles. The molecule has 3 saturated carbocycles. The Morgan fingerprint density at radius 3 is 1.29 bits per heavy atom. The molecule has 0 saturated heterocycles. The molecule has 0 atom stereocenters. The zero-order valence-electron chi connectivity index (χ0n) is 65.2. The molecule has 10 aromatic heterocycles. The first-order chi connectivity index (χ1) is 55.1. The summed E-state index contributed by atoms with van der Waals surface area (Å²) in [6.07, 6.45) is 38.6. The number of rotatable bonds is 24. The van der Waals surface area contributed by atoms with Gasteiger partial charge in [-0.2, -0.15) is 0 Å². The summed E-state index contributed by atoms with van der Waals surface area (Å²) < 4.78 is 18.0. The van der Waals surface area contributed by atoms with Gasteiger partial charge < -0.3 is 31.3 Å². The lowest BCUT2D eigenvalue weighted by Crippen LogP contribution is -2.23. The summed E-state index contributed by atoms with van der Waals surface area (Å²) in [4.78, 5) is 24.1. The molecule has 4 aromatic carbocycles. The van der Waals surface area contributed by atoms with Crippen molar-refractivity contribution in [2.75, 3.05) is 46.8 Å². The second-order valence-electron chi connectivity index (χ2n) is 29.4. The van der Waals surface area contributed by atoms with Crippen LogP contribution in [0.2, 0.25) is 10.0 Å². The fraction of sp³-hybridized carbons (Fsp3) is 0.359. The largest absolute Gasteiger partial charge is 0.497 e. The van der Waals surface area contributed by atoms with Crippen LogP contribution in [-0.4, -0.2) is 85.2 Å². The van der Waals surface area contributed by atoms with E-state index < -0.39 is 0 Å². The number of hydrogen-bond donors (Lipinski definition) is 5. The molecule has 0 amide bonds. The maximum Gasteiger partial charge on any atom is 0.140 e. The molecule has 17 rings (SSSR count). The fourth-order valence-corrected chi connectivity index (χ4v) is 16.8. The van der Waals surface area contributed by atoms with Gasteiger partial charge in [-0.1, -0.05) is 235 Å². The zero-order valence-corrected chi connectivity index (χ0v) is 69.9. The molecule has 584 valence electrons. The van der Waals surface area contributed by atoms with Gasteiger partial charge in [0.05, 0.1) is 27.5 Å². The van der Waals surface area contributed by atoms with Crippen LogP contribution in [0.5, 0.6) is 5.75 Å². The highest BCUT2D eigenvalue weighted by Gasteiger charge is 2.25. The van der Waals surface area contributed by atoms with E-state index in [-0.39, 0.29) is 0 Å². The molecule has 14 aromatic rings. The predicted molar refractivity (Wildman–Crippen MR) is 476 cm³/mol. The first kappa shape index (κ1) is 80.7. The van der Waals surface area contributed by atoms with Crippen molar-refractivity contribution < 1.29 is 4.74 Å². The van der Waals surface area contributed by atoms with Gasteiger partial charge in [-0.05, 0) is 183 Å². The van der Waals surface area contributed by atoms with Gasteiger partial charge in [-0.3, -0.25) is 22.0 Å². The predicted octanol–water partition coefficient (Wildman–Crippen LogP) is 26.0. The minimum atomic E-state index is 0.493. The van der Waals surface area contributed by atoms with Crippen LogP contribution in [0.3, 0.4) is 0 Å². The summed E-state index contributed by atoms with van der Waals surface area (Å²) in [5.41, 5.74) is 14.1. The van der Waals surface area contributed by atoms with Crippen molar-refractivity contribution >= 4 is 112 Å². The molecule has 0 bridgehead atoms. The van der Waals surface area contributed by atoms with E-state index in [0.29, 0.717) is 18.1 Å². The normalized spacial score (nSPS) is 14.0. The summed E-state index contributed by atoms with van der Waals surface area (Å²) in [7, 11) is 1.68. The summed E-state index contributed by atoms with van der Waals surface area (Å²) in [6, 6.07) is 64.3. The van der Waals surface area contributed by atoms with Gasteiger partial charge in [-0.25, -0.2) is 24.9 Å². The maximum atomic E-state index is 6.45. The Kier molecular flexibility index (Phi) is 29.5.